The third-order valence-corrected chi connectivity index (χ3v) is 5.79. The first-order valence-corrected chi connectivity index (χ1v) is 8.77. The predicted octanol–water partition coefficient (Wildman–Crippen LogP) is 3.23. The number of amides is 1. The lowest BCUT2D eigenvalue weighted by molar-refractivity contribution is -0.152. The van der Waals surface area contributed by atoms with E-state index < -0.39 is 5.60 Å². The maximum atomic E-state index is 13.2. The Bertz CT molecular complexity index is 606. The van der Waals surface area contributed by atoms with E-state index >= 15 is 0 Å². The Kier molecular flexibility index (Phi) is 3.63. The van der Waals surface area contributed by atoms with Gasteiger partial charge in [-0.05, 0) is 44.1 Å². The van der Waals surface area contributed by atoms with Crippen LogP contribution >= 0.6 is 0 Å². The van der Waals surface area contributed by atoms with Crippen LogP contribution in [0.5, 0.6) is 0 Å². The monoisotopic (exact) mass is 313 g/mol. The highest BCUT2D eigenvalue weighted by Crippen LogP contribution is 2.47. The molecule has 4 nitrogen and oxygen atoms in total. The molecule has 0 aromatic heterocycles. The van der Waals surface area contributed by atoms with Gasteiger partial charge < -0.3 is 9.64 Å². The van der Waals surface area contributed by atoms with E-state index in [2.05, 4.69) is 12.1 Å². The first-order valence-electron chi connectivity index (χ1n) is 8.77. The van der Waals surface area contributed by atoms with Gasteiger partial charge in [0.15, 0.2) is 0 Å². The van der Waals surface area contributed by atoms with Crippen LogP contribution in [0.15, 0.2) is 30.3 Å². The van der Waals surface area contributed by atoms with Crippen LogP contribution in [0.3, 0.4) is 0 Å². The van der Waals surface area contributed by atoms with Crippen LogP contribution in [0.25, 0.3) is 0 Å². The third-order valence-electron chi connectivity index (χ3n) is 5.79. The van der Waals surface area contributed by atoms with Gasteiger partial charge >= 0.3 is 5.97 Å². The van der Waals surface area contributed by atoms with E-state index in [9.17, 15) is 9.59 Å². The lowest BCUT2D eigenvalue weighted by Crippen LogP contribution is -2.44. The first-order chi connectivity index (χ1) is 11.2. The topological polar surface area (TPSA) is 46.6 Å². The maximum Gasteiger partial charge on any atom is 0.307 e. The summed E-state index contributed by atoms with van der Waals surface area (Å²) in [4.78, 5) is 27.1. The summed E-state index contributed by atoms with van der Waals surface area (Å²) in [5, 5.41) is 0. The zero-order valence-corrected chi connectivity index (χ0v) is 13.4. The van der Waals surface area contributed by atoms with Gasteiger partial charge in [-0.3, -0.25) is 9.59 Å². The number of hydrogen-bond acceptors (Lipinski definition) is 3. The smallest absolute Gasteiger partial charge is 0.307 e. The summed E-state index contributed by atoms with van der Waals surface area (Å²) in [6, 6.07) is 10.4. The van der Waals surface area contributed by atoms with Gasteiger partial charge in [0.1, 0.15) is 5.60 Å². The zero-order chi connectivity index (χ0) is 15.9. The van der Waals surface area contributed by atoms with Crippen molar-refractivity contribution in [2.24, 2.45) is 5.92 Å². The Balaban J connectivity index is 1.59. The molecule has 1 aliphatic carbocycles. The normalized spacial score (nSPS) is 29.2. The third kappa shape index (κ3) is 2.44. The van der Waals surface area contributed by atoms with Crippen molar-refractivity contribution in [3.63, 3.8) is 0 Å². The number of carbonyl (C=O) groups is 2. The van der Waals surface area contributed by atoms with Gasteiger partial charge in [-0.1, -0.05) is 30.3 Å². The summed E-state index contributed by atoms with van der Waals surface area (Å²) in [7, 11) is 0. The van der Waals surface area contributed by atoms with Crippen LogP contribution in [0.1, 0.15) is 56.6 Å². The number of ether oxygens (including phenoxy) is 1. The van der Waals surface area contributed by atoms with Gasteiger partial charge in [0.05, 0.1) is 18.4 Å². The molecular formula is C19H23NO3. The fourth-order valence-electron chi connectivity index (χ4n) is 4.68. The molecule has 0 bridgehead atoms. The van der Waals surface area contributed by atoms with Crippen molar-refractivity contribution in [1.82, 2.24) is 4.90 Å². The lowest BCUT2D eigenvalue weighted by atomic mass is 9.84. The highest BCUT2D eigenvalue weighted by Gasteiger charge is 2.55. The van der Waals surface area contributed by atoms with Crippen molar-refractivity contribution in [2.75, 3.05) is 6.54 Å². The molecule has 1 aromatic carbocycles. The van der Waals surface area contributed by atoms with Crippen LogP contribution in [0, 0.1) is 5.92 Å². The van der Waals surface area contributed by atoms with Gasteiger partial charge in [-0.15, -0.1) is 0 Å². The molecule has 3 fully saturated rings. The molecular weight excluding hydrogens is 290 g/mol. The number of hydrogen-bond donors (Lipinski definition) is 0. The van der Waals surface area contributed by atoms with Crippen molar-refractivity contribution in [3.8, 4) is 0 Å². The Labute approximate surface area is 136 Å². The lowest BCUT2D eigenvalue weighted by Gasteiger charge is -2.33. The standard InChI is InChI=1S/C19H23NO3/c21-17-13-15(19(23-17)10-4-5-11-19)18(22)20-12-6-9-16(20)14-7-2-1-3-8-14/h1-3,7-8,15-16H,4-6,9-13H2. The molecule has 2 heterocycles. The molecule has 1 aromatic rings. The van der Waals surface area contributed by atoms with Crippen LogP contribution in [-0.2, 0) is 14.3 Å². The Morgan fingerprint density at radius 3 is 2.61 bits per heavy atom. The molecule has 2 aliphatic heterocycles. The van der Waals surface area contributed by atoms with Crippen molar-refractivity contribution in [3.05, 3.63) is 35.9 Å². The Morgan fingerprint density at radius 1 is 1.13 bits per heavy atom. The van der Waals surface area contributed by atoms with Crippen LogP contribution in [0.2, 0.25) is 0 Å². The van der Waals surface area contributed by atoms with E-state index in [4.69, 9.17) is 4.74 Å². The van der Waals surface area contributed by atoms with E-state index in [0.29, 0.717) is 0 Å². The van der Waals surface area contributed by atoms with E-state index in [1.54, 1.807) is 0 Å². The summed E-state index contributed by atoms with van der Waals surface area (Å²) in [6.45, 7) is 0.791. The Morgan fingerprint density at radius 2 is 1.87 bits per heavy atom. The van der Waals surface area contributed by atoms with E-state index in [1.165, 1.54) is 5.56 Å². The van der Waals surface area contributed by atoms with Gasteiger partial charge in [-0.25, -0.2) is 0 Å². The molecule has 3 aliphatic rings. The highest BCUT2D eigenvalue weighted by molar-refractivity contribution is 5.88. The van der Waals surface area contributed by atoms with Gasteiger partial charge in [0.25, 0.3) is 0 Å². The molecule has 1 spiro atoms. The van der Waals surface area contributed by atoms with E-state index in [1.807, 2.05) is 23.1 Å². The molecule has 23 heavy (non-hydrogen) atoms. The number of carbonyl (C=O) groups excluding carboxylic acids is 2. The number of benzene rings is 1. The van der Waals surface area contributed by atoms with Crippen molar-refractivity contribution in [1.29, 1.82) is 0 Å². The second-order valence-corrected chi connectivity index (χ2v) is 7.10. The molecule has 2 atom stereocenters. The molecule has 2 unspecified atom stereocenters. The minimum atomic E-state index is -0.502. The average Bonchev–Trinajstić information content (AvgIpc) is 3.29. The minimum absolute atomic E-state index is 0.129. The molecule has 1 saturated carbocycles. The van der Waals surface area contributed by atoms with Gasteiger partial charge in [-0.2, -0.15) is 0 Å². The SMILES string of the molecule is O=C1CC(C(=O)N2CCCC2c2ccccc2)C2(CCCC2)O1. The van der Waals surface area contributed by atoms with Gasteiger partial charge in [0, 0.05) is 6.54 Å². The van der Waals surface area contributed by atoms with Crippen molar-refractivity contribution < 1.29 is 14.3 Å². The highest BCUT2D eigenvalue weighted by atomic mass is 16.6. The second-order valence-electron chi connectivity index (χ2n) is 7.10. The van der Waals surface area contributed by atoms with Crippen LogP contribution in [-0.4, -0.2) is 28.9 Å². The summed E-state index contributed by atoms with van der Waals surface area (Å²) in [5.41, 5.74) is 0.696. The minimum Gasteiger partial charge on any atom is -0.458 e. The van der Waals surface area contributed by atoms with E-state index in [0.717, 1.165) is 45.1 Å². The fourth-order valence-corrected chi connectivity index (χ4v) is 4.68. The molecule has 2 saturated heterocycles. The van der Waals surface area contributed by atoms with Crippen LogP contribution < -0.4 is 0 Å². The van der Waals surface area contributed by atoms with Gasteiger partial charge in [0.2, 0.25) is 5.91 Å². The Hall–Kier alpha value is -1.84. The second kappa shape index (κ2) is 5.66. The van der Waals surface area contributed by atoms with Crippen molar-refractivity contribution >= 4 is 11.9 Å². The number of likely N-dealkylation sites (tertiary alicyclic amines) is 1. The molecule has 4 rings (SSSR count). The zero-order valence-electron chi connectivity index (χ0n) is 13.4. The summed E-state index contributed by atoms with van der Waals surface area (Å²) >= 11 is 0. The molecule has 4 heteroatoms. The van der Waals surface area contributed by atoms with Crippen LogP contribution in [0.4, 0.5) is 0 Å². The van der Waals surface area contributed by atoms with Crippen molar-refractivity contribution in [2.45, 2.75) is 56.6 Å². The summed E-state index contributed by atoms with van der Waals surface area (Å²) in [6.07, 6.45) is 6.09. The quantitative estimate of drug-likeness (QED) is 0.788. The first kappa shape index (κ1) is 14.7. The molecule has 0 N–H and O–H groups in total. The molecule has 0 radical (unpaired) electrons. The number of nitrogens with zero attached hydrogens (tertiary/aromatic N) is 1. The average molecular weight is 313 g/mol. The summed E-state index contributed by atoms with van der Waals surface area (Å²) < 4.78 is 5.66. The maximum absolute atomic E-state index is 13.2. The fraction of sp³-hybridized carbons (Fsp3) is 0.579. The van der Waals surface area contributed by atoms with E-state index in [-0.39, 0.29) is 30.3 Å². The molecule has 122 valence electrons. The number of esters is 1. The molecule has 1 amide bonds. The predicted molar refractivity (Wildman–Crippen MR) is 85.5 cm³/mol. The number of rotatable bonds is 2. The summed E-state index contributed by atoms with van der Waals surface area (Å²) in [5.74, 6) is -0.341. The largest absolute Gasteiger partial charge is 0.458 e.